The molecular weight excluding hydrogens is 411 g/mol. The van der Waals surface area contributed by atoms with Crippen molar-refractivity contribution in [2.24, 2.45) is 0 Å². The third-order valence-electron chi connectivity index (χ3n) is 7.14. The third kappa shape index (κ3) is 3.43. The van der Waals surface area contributed by atoms with Gasteiger partial charge in [0, 0.05) is 30.8 Å². The number of hydrogen-bond acceptors (Lipinski definition) is 7. The molecule has 2 aliphatic rings. The number of alkyl halides is 1. The maximum Gasteiger partial charge on any atom is 0.193 e. The maximum atomic E-state index is 15.3. The van der Waals surface area contributed by atoms with Crippen LogP contribution in [0.5, 0.6) is 5.75 Å². The van der Waals surface area contributed by atoms with Gasteiger partial charge in [-0.05, 0) is 57.5 Å². The van der Waals surface area contributed by atoms with Crippen LogP contribution in [-0.2, 0) is 0 Å². The van der Waals surface area contributed by atoms with Crippen LogP contribution in [0.25, 0.3) is 22.2 Å². The Morgan fingerprint density at radius 2 is 2.03 bits per heavy atom. The first-order valence-corrected chi connectivity index (χ1v) is 11.0. The van der Waals surface area contributed by atoms with Crippen LogP contribution in [0.1, 0.15) is 31.4 Å². The lowest BCUT2D eigenvalue weighted by molar-refractivity contribution is -0.00672. The molecule has 2 aromatic heterocycles. The molecule has 7 nitrogen and oxygen atoms in total. The van der Waals surface area contributed by atoms with Crippen LogP contribution in [0.4, 0.5) is 10.2 Å². The van der Waals surface area contributed by atoms with Crippen LogP contribution >= 0.6 is 0 Å². The van der Waals surface area contributed by atoms with Crippen LogP contribution in [0.3, 0.4) is 0 Å². The van der Waals surface area contributed by atoms with Crippen molar-refractivity contribution in [3.63, 3.8) is 0 Å². The zero-order chi connectivity index (χ0) is 22.6. The number of phenolic OH excluding ortho intramolecular Hbond substituents is 1. The average Bonchev–Trinajstić information content (AvgIpc) is 2.76. The number of phenols is 1. The minimum Gasteiger partial charge on any atom is -0.507 e. The molecule has 4 atom stereocenters. The van der Waals surface area contributed by atoms with Crippen LogP contribution < -0.4 is 10.3 Å². The molecule has 0 unspecified atom stereocenters. The Morgan fingerprint density at radius 3 is 2.78 bits per heavy atom. The number of nitrogens with zero attached hydrogens (tertiary/aromatic N) is 4. The maximum absolute atomic E-state index is 15.3. The van der Waals surface area contributed by atoms with Crippen LogP contribution in [-0.4, -0.2) is 58.6 Å². The summed E-state index contributed by atoms with van der Waals surface area (Å²) in [7, 11) is 3.90. The Labute approximate surface area is 185 Å². The molecule has 4 heterocycles. The molecule has 1 aromatic carbocycles. The van der Waals surface area contributed by atoms with Crippen LogP contribution in [0.2, 0.25) is 0 Å². The fourth-order valence-corrected chi connectivity index (χ4v) is 5.29. The summed E-state index contributed by atoms with van der Waals surface area (Å²) in [6.45, 7) is 1.70. The number of rotatable bonds is 3. The Morgan fingerprint density at radius 1 is 1.22 bits per heavy atom. The summed E-state index contributed by atoms with van der Waals surface area (Å²) >= 11 is 0. The molecule has 2 saturated heterocycles. The molecule has 0 radical (unpaired) electrons. The van der Waals surface area contributed by atoms with Crippen molar-refractivity contribution in [2.45, 2.75) is 56.9 Å². The minimum absolute atomic E-state index is 0.0464. The van der Waals surface area contributed by atoms with Gasteiger partial charge in [0.15, 0.2) is 11.2 Å². The fraction of sp³-hybridized carbons (Fsp3) is 0.458. The summed E-state index contributed by atoms with van der Waals surface area (Å²) in [5, 5.41) is 19.4. The number of benzene rings is 1. The molecule has 8 heteroatoms. The molecule has 3 aromatic rings. The Bertz CT molecular complexity index is 1210. The first kappa shape index (κ1) is 20.9. The van der Waals surface area contributed by atoms with E-state index in [0.29, 0.717) is 39.8 Å². The lowest BCUT2D eigenvalue weighted by atomic mass is 9.80. The van der Waals surface area contributed by atoms with E-state index in [1.165, 1.54) is 12.1 Å². The zero-order valence-electron chi connectivity index (χ0n) is 18.5. The highest BCUT2D eigenvalue weighted by atomic mass is 19.1. The van der Waals surface area contributed by atoms with Crippen molar-refractivity contribution in [3.05, 3.63) is 46.3 Å². The Balaban J connectivity index is 1.43. The molecule has 2 fully saturated rings. The van der Waals surface area contributed by atoms with Crippen LogP contribution in [0.15, 0.2) is 39.5 Å². The first-order chi connectivity index (χ1) is 15.3. The summed E-state index contributed by atoms with van der Waals surface area (Å²) in [6, 6.07) is 8.03. The largest absolute Gasteiger partial charge is 0.507 e. The number of halogens is 1. The molecule has 0 aliphatic carbocycles. The Kier molecular flexibility index (Phi) is 5.12. The number of anilines is 1. The SMILES string of the molecule is Cc1cc(=O)c2cc(O)c(-c3ccc(N(C)[C@H]4C[C@@H]5CCC[C@H]([C@H]4F)N5C)nn3)cc2o1. The van der Waals surface area contributed by atoms with E-state index in [0.717, 1.165) is 25.7 Å². The molecule has 0 amide bonds. The summed E-state index contributed by atoms with van der Waals surface area (Å²) in [6.07, 6.45) is 2.89. The summed E-state index contributed by atoms with van der Waals surface area (Å²) in [5.41, 5.74) is 1.04. The highest BCUT2D eigenvalue weighted by Crippen LogP contribution is 2.37. The molecule has 168 valence electrons. The van der Waals surface area contributed by atoms with Gasteiger partial charge in [-0.2, -0.15) is 0 Å². The van der Waals surface area contributed by atoms with Crippen molar-refractivity contribution in [1.29, 1.82) is 0 Å². The van der Waals surface area contributed by atoms with E-state index < -0.39 is 6.17 Å². The van der Waals surface area contributed by atoms with E-state index in [1.54, 1.807) is 25.1 Å². The monoisotopic (exact) mass is 438 g/mol. The van der Waals surface area contributed by atoms with Gasteiger partial charge < -0.3 is 14.4 Å². The second-order valence-corrected chi connectivity index (χ2v) is 9.04. The van der Waals surface area contributed by atoms with Gasteiger partial charge in [-0.25, -0.2) is 4.39 Å². The predicted molar refractivity (Wildman–Crippen MR) is 121 cm³/mol. The smallest absolute Gasteiger partial charge is 0.193 e. The zero-order valence-corrected chi connectivity index (χ0v) is 18.5. The number of hydrogen-bond donors (Lipinski definition) is 1. The van der Waals surface area contributed by atoms with E-state index >= 15 is 4.39 Å². The van der Waals surface area contributed by atoms with E-state index in [9.17, 15) is 9.90 Å². The van der Waals surface area contributed by atoms with Gasteiger partial charge in [0.1, 0.15) is 23.3 Å². The lowest BCUT2D eigenvalue weighted by Crippen LogP contribution is -2.62. The molecule has 1 N–H and O–H groups in total. The molecule has 2 aliphatic heterocycles. The number of aryl methyl sites for hydroxylation is 1. The van der Waals surface area contributed by atoms with Gasteiger partial charge in [0.2, 0.25) is 0 Å². The van der Waals surface area contributed by atoms with Gasteiger partial charge >= 0.3 is 0 Å². The van der Waals surface area contributed by atoms with Crippen molar-refractivity contribution < 1.29 is 13.9 Å². The number of fused-ring (bicyclic) bond motifs is 3. The quantitative estimate of drug-likeness (QED) is 0.668. The second-order valence-electron chi connectivity index (χ2n) is 9.04. The highest BCUT2D eigenvalue weighted by molar-refractivity contribution is 5.85. The molecule has 32 heavy (non-hydrogen) atoms. The van der Waals surface area contributed by atoms with Crippen LogP contribution in [0, 0.1) is 6.92 Å². The topological polar surface area (TPSA) is 82.7 Å². The standard InChI is InChI=1S/C24H27FN4O3/c1-13-9-20(30)16-11-21(31)15(12-22(16)32-13)17-7-8-23(27-26-17)29(3)19-10-14-5-4-6-18(24(19)25)28(14)2/h7-9,11-12,14,18-19,24,31H,4-6,10H2,1-3H3/t14-,18+,19-,24+/m0/s1. The minimum atomic E-state index is -0.946. The summed E-state index contributed by atoms with van der Waals surface area (Å²) < 4.78 is 21.0. The van der Waals surface area contributed by atoms with Crippen molar-refractivity contribution in [1.82, 2.24) is 15.1 Å². The molecule has 0 saturated carbocycles. The molecule has 5 rings (SSSR count). The highest BCUT2D eigenvalue weighted by Gasteiger charge is 2.45. The van der Waals surface area contributed by atoms with Crippen molar-refractivity contribution >= 4 is 16.8 Å². The van der Waals surface area contributed by atoms with Gasteiger partial charge in [-0.15, -0.1) is 10.2 Å². The number of piperidine rings is 2. The third-order valence-corrected chi connectivity index (χ3v) is 7.14. The predicted octanol–water partition coefficient (Wildman–Crippen LogP) is 3.66. The molecular formula is C24H27FN4O3. The normalized spacial score (nSPS) is 25.8. The Hall–Kier alpha value is -3.00. The number of aromatic hydroxyl groups is 1. The second kappa shape index (κ2) is 7.85. The number of aromatic nitrogens is 2. The van der Waals surface area contributed by atoms with Gasteiger partial charge in [-0.3, -0.25) is 9.69 Å². The lowest BCUT2D eigenvalue weighted by Gasteiger charge is -2.51. The molecule has 2 bridgehead atoms. The molecule has 0 spiro atoms. The summed E-state index contributed by atoms with van der Waals surface area (Å²) in [5.74, 6) is 1.01. The van der Waals surface area contributed by atoms with Gasteiger partial charge in [0.05, 0.1) is 17.1 Å². The van der Waals surface area contributed by atoms with E-state index in [-0.39, 0.29) is 23.3 Å². The van der Waals surface area contributed by atoms with Crippen molar-refractivity contribution in [2.75, 3.05) is 19.0 Å². The van der Waals surface area contributed by atoms with Gasteiger partial charge in [0.25, 0.3) is 0 Å². The average molecular weight is 439 g/mol. The van der Waals surface area contributed by atoms with Crippen molar-refractivity contribution in [3.8, 4) is 17.0 Å². The first-order valence-electron chi connectivity index (χ1n) is 11.0. The van der Waals surface area contributed by atoms with Gasteiger partial charge in [-0.1, -0.05) is 6.42 Å². The fourth-order valence-electron chi connectivity index (χ4n) is 5.29. The van der Waals surface area contributed by atoms with E-state index in [1.807, 2.05) is 19.0 Å². The van der Waals surface area contributed by atoms with E-state index in [2.05, 4.69) is 15.1 Å². The summed E-state index contributed by atoms with van der Waals surface area (Å²) in [4.78, 5) is 16.2. The van der Waals surface area contributed by atoms with E-state index in [4.69, 9.17) is 4.42 Å².